The highest BCUT2D eigenvalue weighted by Crippen LogP contribution is 2.23. The van der Waals surface area contributed by atoms with E-state index in [0.717, 1.165) is 10.5 Å². The third-order valence-corrected chi connectivity index (χ3v) is 3.68. The molecule has 1 atom stereocenters. The Labute approximate surface area is 122 Å². The van der Waals surface area contributed by atoms with Crippen LogP contribution >= 0.6 is 11.8 Å². The Morgan fingerprint density at radius 3 is 2.55 bits per heavy atom. The minimum atomic E-state index is -0.851. The summed E-state index contributed by atoms with van der Waals surface area (Å²) in [6, 6.07) is 7.21. The SMILES string of the molecule is COCCNC(=O)C(C)Sc1ccc(CC(=O)O)cc1. The number of carboxylic acids is 1. The molecule has 1 aromatic rings. The number of amides is 1. The van der Waals surface area contributed by atoms with Crippen molar-refractivity contribution in [3.63, 3.8) is 0 Å². The van der Waals surface area contributed by atoms with Gasteiger partial charge in [-0.1, -0.05) is 12.1 Å². The van der Waals surface area contributed by atoms with E-state index < -0.39 is 5.97 Å². The molecule has 0 aliphatic heterocycles. The van der Waals surface area contributed by atoms with Crippen LogP contribution in [-0.2, 0) is 20.7 Å². The number of rotatable bonds is 8. The zero-order valence-corrected chi connectivity index (χ0v) is 12.4. The third-order valence-electron chi connectivity index (χ3n) is 2.57. The molecule has 110 valence electrons. The zero-order chi connectivity index (χ0) is 15.0. The lowest BCUT2D eigenvalue weighted by molar-refractivity contribution is -0.136. The molecule has 6 heteroatoms. The summed E-state index contributed by atoms with van der Waals surface area (Å²) in [5.41, 5.74) is 0.749. The van der Waals surface area contributed by atoms with E-state index in [1.54, 1.807) is 19.2 Å². The fraction of sp³-hybridized carbons (Fsp3) is 0.429. The molecule has 2 N–H and O–H groups in total. The Balaban J connectivity index is 2.47. The van der Waals surface area contributed by atoms with Gasteiger partial charge in [0.05, 0.1) is 18.3 Å². The summed E-state index contributed by atoms with van der Waals surface area (Å²) in [5.74, 6) is -0.891. The number of methoxy groups -OCH3 is 1. The van der Waals surface area contributed by atoms with Gasteiger partial charge in [0.15, 0.2) is 0 Å². The molecule has 0 heterocycles. The Kier molecular flexibility index (Phi) is 7.11. The van der Waals surface area contributed by atoms with Crippen molar-refractivity contribution in [2.75, 3.05) is 20.3 Å². The van der Waals surface area contributed by atoms with Crippen molar-refractivity contribution in [3.8, 4) is 0 Å². The fourth-order valence-electron chi connectivity index (χ4n) is 1.54. The largest absolute Gasteiger partial charge is 0.481 e. The second-order valence-electron chi connectivity index (χ2n) is 4.26. The highest BCUT2D eigenvalue weighted by Gasteiger charge is 2.13. The molecule has 1 amide bonds. The number of thioether (sulfide) groups is 1. The van der Waals surface area contributed by atoms with Gasteiger partial charge >= 0.3 is 5.97 Å². The Hall–Kier alpha value is -1.53. The lowest BCUT2D eigenvalue weighted by Gasteiger charge is -2.12. The number of hydrogen-bond donors (Lipinski definition) is 2. The fourth-order valence-corrected chi connectivity index (χ4v) is 2.43. The van der Waals surface area contributed by atoms with Crippen LogP contribution in [0.4, 0.5) is 0 Å². The van der Waals surface area contributed by atoms with Gasteiger partial charge in [0.25, 0.3) is 0 Å². The predicted molar refractivity (Wildman–Crippen MR) is 78.0 cm³/mol. The van der Waals surface area contributed by atoms with E-state index in [-0.39, 0.29) is 17.6 Å². The number of carbonyl (C=O) groups excluding carboxylic acids is 1. The summed E-state index contributed by atoms with van der Waals surface area (Å²) in [6.07, 6.45) is 0.0119. The molecule has 0 spiro atoms. The van der Waals surface area contributed by atoms with Crippen LogP contribution in [0.2, 0.25) is 0 Å². The number of nitrogens with one attached hydrogen (secondary N) is 1. The van der Waals surface area contributed by atoms with Crippen LogP contribution in [0.25, 0.3) is 0 Å². The average molecular weight is 297 g/mol. The maximum atomic E-state index is 11.8. The number of hydrogen-bond acceptors (Lipinski definition) is 4. The first-order chi connectivity index (χ1) is 9.52. The van der Waals surface area contributed by atoms with Gasteiger partial charge in [0.1, 0.15) is 0 Å². The quantitative estimate of drug-likeness (QED) is 0.562. The van der Waals surface area contributed by atoms with Crippen molar-refractivity contribution in [2.45, 2.75) is 23.5 Å². The highest BCUT2D eigenvalue weighted by atomic mass is 32.2. The molecule has 0 aliphatic carbocycles. The summed E-state index contributed by atoms with van der Waals surface area (Å²) < 4.78 is 4.87. The van der Waals surface area contributed by atoms with E-state index in [1.165, 1.54) is 11.8 Å². The van der Waals surface area contributed by atoms with Crippen molar-refractivity contribution < 1.29 is 19.4 Å². The summed E-state index contributed by atoms with van der Waals surface area (Å²) in [7, 11) is 1.59. The van der Waals surface area contributed by atoms with Crippen LogP contribution in [0.5, 0.6) is 0 Å². The highest BCUT2D eigenvalue weighted by molar-refractivity contribution is 8.00. The lowest BCUT2D eigenvalue weighted by atomic mass is 10.2. The van der Waals surface area contributed by atoms with Crippen molar-refractivity contribution in [2.24, 2.45) is 0 Å². The van der Waals surface area contributed by atoms with Gasteiger partial charge in [-0.25, -0.2) is 0 Å². The van der Waals surface area contributed by atoms with E-state index in [0.29, 0.717) is 13.2 Å². The molecule has 1 unspecified atom stereocenters. The van der Waals surface area contributed by atoms with Gasteiger partial charge in [-0.2, -0.15) is 0 Å². The van der Waals surface area contributed by atoms with Gasteiger partial charge in [0, 0.05) is 18.6 Å². The molecular formula is C14H19NO4S. The number of carboxylic acid groups (broad SMARTS) is 1. The summed E-state index contributed by atoms with van der Waals surface area (Å²) >= 11 is 1.44. The van der Waals surface area contributed by atoms with Gasteiger partial charge < -0.3 is 15.2 Å². The molecule has 0 radical (unpaired) electrons. The summed E-state index contributed by atoms with van der Waals surface area (Å²) in [6.45, 7) is 2.82. The van der Waals surface area contributed by atoms with Gasteiger partial charge in [-0.05, 0) is 24.6 Å². The van der Waals surface area contributed by atoms with Crippen molar-refractivity contribution in [3.05, 3.63) is 29.8 Å². The van der Waals surface area contributed by atoms with Crippen LogP contribution in [0, 0.1) is 0 Å². The van der Waals surface area contributed by atoms with Crippen LogP contribution in [-0.4, -0.2) is 42.5 Å². The van der Waals surface area contributed by atoms with E-state index in [9.17, 15) is 9.59 Å². The Bertz CT molecular complexity index is 447. The summed E-state index contributed by atoms with van der Waals surface area (Å²) in [5, 5.41) is 11.3. The smallest absolute Gasteiger partial charge is 0.307 e. The Morgan fingerprint density at radius 2 is 2.00 bits per heavy atom. The van der Waals surface area contributed by atoms with E-state index in [1.807, 2.05) is 19.1 Å². The van der Waals surface area contributed by atoms with E-state index >= 15 is 0 Å². The molecule has 0 saturated heterocycles. The van der Waals surface area contributed by atoms with Crippen molar-refractivity contribution >= 4 is 23.6 Å². The molecule has 1 aromatic carbocycles. The molecular weight excluding hydrogens is 278 g/mol. The molecule has 0 bridgehead atoms. The number of ether oxygens (including phenoxy) is 1. The minimum absolute atomic E-state index is 0.0119. The average Bonchev–Trinajstić information content (AvgIpc) is 2.40. The zero-order valence-electron chi connectivity index (χ0n) is 11.6. The molecule has 0 aromatic heterocycles. The normalized spacial score (nSPS) is 11.9. The molecule has 1 rings (SSSR count). The van der Waals surface area contributed by atoms with E-state index in [2.05, 4.69) is 5.32 Å². The Morgan fingerprint density at radius 1 is 1.35 bits per heavy atom. The van der Waals surface area contributed by atoms with Crippen molar-refractivity contribution in [1.29, 1.82) is 0 Å². The predicted octanol–water partition coefficient (Wildman–Crippen LogP) is 1.56. The standard InChI is InChI=1S/C14H19NO4S/c1-10(14(18)15-7-8-19-2)20-12-5-3-11(4-6-12)9-13(16)17/h3-6,10H,7-9H2,1-2H3,(H,15,18)(H,16,17). The molecule has 20 heavy (non-hydrogen) atoms. The van der Waals surface area contributed by atoms with Crippen LogP contribution in [0.15, 0.2) is 29.2 Å². The topological polar surface area (TPSA) is 75.6 Å². The van der Waals surface area contributed by atoms with Crippen LogP contribution in [0.3, 0.4) is 0 Å². The third kappa shape index (κ3) is 6.08. The van der Waals surface area contributed by atoms with Gasteiger partial charge in [-0.15, -0.1) is 11.8 Å². The van der Waals surface area contributed by atoms with Crippen LogP contribution < -0.4 is 5.32 Å². The van der Waals surface area contributed by atoms with Crippen molar-refractivity contribution in [1.82, 2.24) is 5.32 Å². The minimum Gasteiger partial charge on any atom is -0.481 e. The lowest BCUT2D eigenvalue weighted by Crippen LogP contribution is -2.33. The summed E-state index contributed by atoms with van der Waals surface area (Å²) in [4.78, 5) is 23.3. The number of carbonyl (C=O) groups is 2. The first-order valence-electron chi connectivity index (χ1n) is 6.27. The molecule has 0 fully saturated rings. The molecule has 0 aliphatic rings. The second-order valence-corrected chi connectivity index (χ2v) is 5.67. The maximum absolute atomic E-state index is 11.8. The van der Waals surface area contributed by atoms with E-state index in [4.69, 9.17) is 9.84 Å². The molecule has 0 saturated carbocycles. The monoisotopic (exact) mass is 297 g/mol. The maximum Gasteiger partial charge on any atom is 0.307 e. The molecule has 5 nitrogen and oxygen atoms in total. The number of benzene rings is 1. The number of aliphatic carboxylic acids is 1. The van der Waals surface area contributed by atoms with Gasteiger partial charge in [-0.3, -0.25) is 9.59 Å². The van der Waals surface area contributed by atoms with Crippen LogP contribution in [0.1, 0.15) is 12.5 Å². The first kappa shape index (κ1) is 16.5. The first-order valence-corrected chi connectivity index (χ1v) is 7.15. The van der Waals surface area contributed by atoms with Gasteiger partial charge in [0.2, 0.25) is 5.91 Å². The second kappa shape index (κ2) is 8.60.